The highest BCUT2D eigenvalue weighted by Gasteiger charge is 2.33. The van der Waals surface area contributed by atoms with Gasteiger partial charge in [-0.25, -0.2) is 9.97 Å². The zero-order chi connectivity index (χ0) is 10.9. The van der Waals surface area contributed by atoms with Gasteiger partial charge in [-0.3, -0.25) is 4.79 Å². The van der Waals surface area contributed by atoms with Crippen LogP contribution in [-0.2, 0) is 0 Å². The first-order chi connectivity index (χ1) is 7.09. The van der Waals surface area contributed by atoms with Crippen LogP contribution in [0.2, 0.25) is 5.15 Å². The third-order valence-electron chi connectivity index (χ3n) is 2.73. The zero-order valence-electron chi connectivity index (χ0n) is 8.46. The summed E-state index contributed by atoms with van der Waals surface area (Å²) in [6.45, 7) is 2.04. The topological polar surface area (TPSA) is 54.9 Å². The Bertz CT molecular complexity index is 373. The lowest BCUT2D eigenvalue weighted by atomic mass is 9.78. The molecule has 1 aromatic rings. The molecule has 4 nitrogen and oxygen atoms in total. The van der Waals surface area contributed by atoms with Gasteiger partial charge in [0.15, 0.2) is 0 Å². The molecule has 1 aliphatic rings. The van der Waals surface area contributed by atoms with E-state index < -0.39 is 0 Å². The van der Waals surface area contributed by atoms with Gasteiger partial charge in [-0.15, -0.1) is 0 Å². The maximum atomic E-state index is 11.7. The van der Waals surface area contributed by atoms with Crippen molar-refractivity contribution in [3.8, 4) is 0 Å². The summed E-state index contributed by atoms with van der Waals surface area (Å²) in [5.41, 5.74) is 0.255. The maximum Gasteiger partial charge on any atom is 0.271 e. The molecule has 15 heavy (non-hydrogen) atoms. The minimum atomic E-state index is -0.179. The normalized spacial score (nSPS) is 18.0. The van der Waals surface area contributed by atoms with Gasteiger partial charge in [-0.2, -0.15) is 0 Å². The van der Waals surface area contributed by atoms with Crippen LogP contribution in [0.25, 0.3) is 0 Å². The summed E-state index contributed by atoms with van der Waals surface area (Å²) in [6.07, 6.45) is 5.99. The lowest BCUT2D eigenvalue weighted by Gasteiger charge is -2.38. The molecule has 0 saturated heterocycles. The van der Waals surface area contributed by atoms with E-state index in [1.165, 1.54) is 18.8 Å². The number of carbonyl (C=O) groups is 1. The van der Waals surface area contributed by atoms with Crippen molar-refractivity contribution < 1.29 is 4.79 Å². The van der Waals surface area contributed by atoms with Crippen molar-refractivity contribution in [2.45, 2.75) is 31.7 Å². The minimum Gasteiger partial charge on any atom is -0.345 e. The Labute approximate surface area is 93.1 Å². The molecule has 1 heterocycles. The Hall–Kier alpha value is -1.16. The predicted molar refractivity (Wildman–Crippen MR) is 56.8 cm³/mol. The number of nitrogens with one attached hydrogen (secondary N) is 1. The highest BCUT2D eigenvalue weighted by molar-refractivity contribution is 6.29. The van der Waals surface area contributed by atoms with E-state index in [9.17, 15) is 4.79 Å². The smallest absolute Gasteiger partial charge is 0.271 e. The molecule has 1 aromatic heterocycles. The van der Waals surface area contributed by atoms with Crippen molar-refractivity contribution >= 4 is 17.5 Å². The quantitative estimate of drug-likeness (QED) is 0.835. The summed E-state index contributed by atoms with van der Waals surface area (Å²) >= 11 is 5.58. The fraction of sp³-hybridized carbons (Fsp3) is 0.500. The van der Waals surface area contributed by atoms with Crippen LogP contribution in [0.4, 0.5) is 0 Å². The van der Waals surface area contributed by atoms with Gasteiger partial charge in [0.1, 0.15) is 10.8 Å². The predicted octanol–water partition coefficient (Wildman–Crippen LogP) is 1.80. The molecule has 0 radical (unpaired) electrons. The summed E-state index contributed by atoms with van der Waals surface area (Å²) in [7, 11) is 0. The average molecular weight is 226 g/mol. The van der Waals surface area contributed by atoms with E-state index in [0.29, 0.717) is 10.8 Å². The Morgan fingerprint density at radius 2 is 2.20 bits per heavy atom. The van der Waals surface area contributed by atoms with E-state index in [4.69, 9.17) is 11.6 Å². The van der Waals surface area contributed by atoms with Crippen molar-refractivity contribution in [3.63, 3.8) is 0 Å². The van der Waals surface area contributed by atoms with E-state index >= 15 is 0 Å². The number of rotatable bonds is 2. The van der Waals surface area contributed by atoms with Gasteiger partial charge in [-0.05, 0) is 26.2 Å². The number of hydrogen-bond donors (Lipinski definition) is 1. The van der Waals surface area contributed by atoms with Crippen molar-refractivity contribution in [3.05, 3.63) is 23.2 Å². The fourth-order valence-corrected chi connectivity index (χ4v) is 1.70. The molecule has 0 spiro atoms. The first-order valence-electron chi connectivity index (χ1n) is 4.89. The maximum absolute atomic E-state index is 11.7. The highest BCUT2D eigenvalue weighted by Crippen LogP contribution is 2.31. The Morgan fingerprint density at radius 1 is 1.47 bits per heavy atom. The first kappa shape index (κ1) is 10.4. The lowest BCUT2D eigenvalue weighted by Crippen LogP contribution is -2.51. The number of halogens is 1. The van der Waals surface area contributed by atoms with E-state index in [2.05, 4.69) is 15.3 Å². The number of nitrogens with zero attached hydrogens (tertiary/aromatic N) is 2. The summed E-state index contributed by atoms with van der Waals surface area (Å²) < 4.78 is 0. The van der Waals surface area contributed by atoms with E-state index in [-0.39, 0.29) is 11.4 Å². The summed E-state index contributed by atoms with van der Waals surface area (Å²) in [6, 6.07) is 0. The molecule has 2 rings (SSSR count). The largest absolute Gasteiger partial charge is 0.345 e. The van der Waals surface area contributed by atoms with Crippen LogP contribution in [0.15, 0.2) is 12.4 Å². The number of carbonyl (C=O) groups excluding carboxylic acids is 1. The minimum absolute atomic E-state index is 0.0571. The average Bonchev–Trinajstić information content (AvgIpc) is 2.16. The van der Waals surface area contributed by atoms with Gasteiger partial charge < -0.3 is 5.32 Å². The molecule has 1 aliphatic carbocycles. The second kappa shape index (κ2) is 3.77. The molecule has 5 heteroatoms. The van der Waals surface area contributed by atoms with Gasteiger partial charge in [0, 0.05) is 5.54 Å². The monoisotopic (exact) mass is 225 g/mol. The Balaban J connectivity index is 2.04. The summed E-state index contributed by atoms with van der Waals surface area (Å²) in [4.78, 5) is 19.4. The van der Waals surface area contributed by atoms with Crippen LogP contribution in [0.1, 0.15) is 36.7 Å². The summed E-state index contributed by atoms with van der Waals surface area (Å²) in [5.74, 6) is -0.179. The van der Waals surface area contributed by atoms with Crippen molar-refractivity contribution in [1.82, 2.24) is 15.3 Å². The van der Waals surface area contributed by atoms with E-state index in [0.717, 1.165) is 12.8 Å². The molecule has 1 saturated carbocycles. The van der Waals surface area contributed by atoms with Gasteiger partial charge in [0.05, 0.1) is 12.4 Å². The van der Waals surface area contributed by atoms with Crippen molar-refractivity contribution in [2.24, 2.45) is 0 Å². The molecule has 1 N–H and O–H groups in total. The highest BCUT2D eigenvalue weighted by atomic mass is 35.5. The Kier molecular flexibility index (Phi) is 2.61. The second-order valence-electron chi connectivity index (χ2n) is 4.09. The van der Waals surface area contributed by atoms with E-state index in [1.54, 1.807) is 0 Å². The fourth-order valence-electron chi connectivity index (χ4n) is 1.60. The molecular weight excluding hydrogens is 214 g/mol. The number of hydrogen-bond acceptors (Lipinski definition) is 3. The first-order valence-corrected chi connectivity index (χ1v) is 5.27. The molecule has 0 aliphatic heterocycles. The summed E-state index contributed by atoms with van der Waals surface area (Å²) in [5, 5.41) is 3.24. The second-order valence-corrected chi connectivity index (χ2v) is 4.48. The molecule has 1 fully saturated rings. The lowest BCUT2D eigenvalue weighted by molar-refractivity contribution is 0.0845. The van der Waals surface area contributed by atoms with Gasteiger partial charge >= 0.3 is 0 Å². The molecular formula is C10H12ClN3O. The zero-order valence-corrected chi connectivity index (χ0v) is 9.21. The van der Waals surface area contributed by atoms with Gasteiger partial charge in [-0.1, -0.05) is 11.6 Å². The van der Waals surface area contributed by atoms with Crippen molar-refractivity contribution in [2.75, 3.05) is 0 Å². The standard InChI is InChI=1S/C10H12ClN3O/c1-10(3-2-4-10)14-9(15)7-5-13-8(11)6-12-7/h5-6H,2-4H2,1H3,(H,14,15). The Morgan fingerprint density at radius 3 is 2.67 bits per heavy atom. The van der Waals surface area contributed by atoms with Crippen LogP contribution in [0, 0.1) is 0 Å². The SMILES string of the molecule is CC1(NC(=O)c2cnc(Cl)cn2)CCC1. The van der Waals surface area contributed by atoms with Crippen molar-refractivity contribution in [1.29, 1.82) is 0 Å². The van der Waals surface area contributed by atoms with Crippen LogP contribution >= 0.6 is 11.6 Å². The third-order valence-corrected chi connectivity index (χ3v) is 2.92. The molecule has 0 bridgehead atoms. The van der Waals surface area contributed by atoms with E-state index in [1.807, 2.05) is 6.92 Å². The molecule has 0 aromatic carbocycles. The van der Waals surface area contributed by atoms with Crippen LogP contribution in [0.3, 0.4) is 0 Å². The van der Waals surface area contributed by atoms with Crippen LogP contribution < -0.4 is 5.32 Å². The third kappa shape index (κ3) is 2.26. The number of amides is 1. The van der Waals surface area contributed by atoms with Crippen LogP contribution in [-0.4, -0.2) is 21.4 Å². The van der Waals surface area contributed by atoms with Gasteiger partial charge in [0.25, 0.3) is 5.91 Å². The molecule has 80 valence electrons. The van der Waals surface area contributed by atoms with Gasteiger partial charge in [0.2, 0.25) is 0 Å². The molecule has 0 unspecified atom stereocenters. The molecule has 1 amide bonds. The molecule has 0 atom stereocenters. The number of aromatic nitrogens is 2. The van der Waals surface area contributed by atoms with Crippen LogP contribution in [0.5, 0.6) is 0 Å².